The summed E-state index contributed by atoms with van der Waals surface area (Å²) in [4.78, 5) is 0. The van der Waals surface area contributed by atoms with E-state index in [4.69, 9.17) is 4.42 Å². The molecule has 1 N–H and O–H groups in total. The zero-order valence-corrected chi connectivity index (χ0v) is 6.36. The Balaban J connectivity index is 2.42. The second kappa shape index (κ2) is 3.98. The van der Waals surface area contributed by atoms with Gasteiger partial charge in [-0.25, -0.2) is 0 Å². The molecule has 1 aromatic heterocycles. The zero-order chi connectivity index (χ0) is 8.10. The molecular weight excluding hydrogens is 140 g/mol. The summed E-state index contributed by atoms with van der Waals surface area (Å²) >= 11 is 0. The van der Waals surface area contributed by atoms with Gasteiger partial charge in [-0.3, -0.25) is 0 Å². The van der Waals surface area contributed by atoms with Crippen molar-refractivity contribution < 1.29 is 9.52 Å². The van der Waals surface area contributed by atoms with Crippen LogP contribution in [0.2, 0.25) is 0 Å². The van der Waals surface area contributed by atoms with Crippen LogP contribution in [0.4, 0.5) is 0 Å². The van der Waals surface area contributed by atoms with Gasteiger partial charge in [-0.15, -0.1) is 6.58 Å². The fourth-order valence-corrected chi connectivity index (χ4v) is 0.899. The predicted molar refractivity (Wildman–Crippen MR) is 43.1 cm³/mol. The van der Waals surface area contributed by atoms with Crippen molar-refractivity contribution in [3.8, 4) is 0 Å². The maximum atomic E-state index is 9.40. The van der Waals surface area contributed by atoms with Gasteiger partial charge in [0.25, 0.3) is 0 Å². The lowest BCUT2D eigenvalue weighted by atomic mass is 10.1. The largest absolute Gasteiger partial charge is 0.467 e. The fraction of sp³-hybridized carbons (Fsp3) is 0.333. The molecule has 0 radical (unpaired) electrons. The van der Waals surface area contributed by atoms with Crippen LogP contribution in [-0.2, 0) is 0 Å². The summed E-state index contributed by atoms with van der Waals surface area (Å²) in [6.45, 7) is 3.57. The van der Waals surface area contributed by atoms with Crippen LogP contribution >= 0.6 is 0 Å². The molecule has 0 spiro atoms. The maximum absolute atomic E-state index is 9.40. The number of hydrogen-bond acceptors (Lipinski definition) is 2. The number of furan rings is 1. The first-order valence-electron chi connectivity index (χ1n) is 3.67. The molecule has 1 rings (SSSR count). The molecule has 60 valence electrons. The monoisotopic (exact) mass is 152 g/mol. The van der Waals surface area contributed by atoms with Gasteiger partial charge in [0, 0.05) is 0 Å². The first kappa shape index (κ1) is 8.08. The third kappa shape index (κ3) is 2.24. The Kier molecular flexibility index (Phi) is 2.93. The number of aliphatic hydroxyl groups excluding tert-OH is 1. The topological polar surface area (TPSA) is 33.4 Å². The molecule has 0 bridgehead atoms. The summed E-state index contributed by atoms with van der Waals surface area (Å²) in [6, 6.07) is 3.54. The molecule has 0 aromatic carbocycles. The lowest BCUT2D eigenvalue weighted by Crippen LogP contribution is -1.93. The molecule has 0 aliphatic rings. The third-order valence-corrected chi connectivity index (χ3v) is 1.52. The molecule has 0 saturated carbocycles. The number of hydrogen-bond donors (Lipinski definition) is 1. The van der Waals surface area contributed by atoms with Crippen LogP contribution in [0.3, 0.4) is 0 Å². The zero-order valence-electron chi connectivity index (χ0n) is 6.36. The number of rotatable bonds is 4. The highest BCUT2D eigenvalue weighted by Crippen LogP contribution is 2.17. The molecule has 0 saturated heterocycles. The Morgan fingerprint density at radius 1 is 1.73 bits per heavy atom. The van der Waals surface area contributed by atoms with E-state index >= 15 is 0 Å². The van der Waals surface area contributed by atoms with Gasteiger partial charge in [0.2, 0.25) is 0 Å². The number of aliphatic hydroxyl groups is 1. The normalized spacial score (nSPS) is 12.8. The predicted octanol–water partition coefficient (Wildman–Crippen LogP) is 2.28. The van der Waals surface area contributed by atoms with Gasteiger partial charge in [-0.05, 0) is 25.0 Å². The van der Waals surface area contributed by atoms with Crippen LogP contribution in [0.5, 0.6) is 0 Å². The van der Waals surface area contributed by atoms with Gasteiger partial charge in [0.1, 0.15) is 11.9 Å². The van der Waals surface area contributed by atoms with E-state index in [-0.39, 0.29) is 0 Å². The van der Waals surface area contributed by atoms with Crippen molar-refractivity contribution in [2.75, 3.05) is 0 Å². The smallest absolute Gasteiger partial charge is 0.132 e. The maximum Gasteiger partial charge on any atom is 0.132 e. The summed E-state index contributed by atoms with van der Waals surface area (Å²) < 4.78 is 5.01. The standard InChI is InChI=1S/C9H12O2/c1-2-3-5-8(10)9-6-4-7-11-9/h2,4,6-8,10H,1,3,5H2/t8-/m0/s1. The molecular formula is C9H12O2. The lowest BCUT2D eigenvalue weighted by Gasteiger charge is -2.03. The Morgan fingerprint density at radius 3 is 3.09 bits per heavy atom. The van der Waals surface area contributed by atoms with E-state index in [2.05, 4.69) is 6.58 Å². The van der Waals surface area contributed by atoms with Crippen LogP contribution in [0.25, 0.3) is 0 Å². The lowest BCUT2D eigenvalue weighted by molar-refractivity contribution is 0.141. The van der Waals surface area contributed by atoms with E-state index in [1.807, 2.05) is 0 Å². The Bertz CT molecular complexity index is 201. The van der Waals surface area contributed by atoms with Crippen molar-refractivity contribution in [2.24, 2.45) is 0 Å². The second-order valence-corrected chi connectivity index (χ2v) is 2.40. The molecule has 1 heterocycles. The molecule has 1 aromatic rings. The quantitative estimate of drug-likeness (QED) is 0.671. The van der Waals surface area contributed by atoms with E-state index < -0.39 is 6.10 Å². The molecule has 0 aliphatic heterocycles. The first-order valence-corrected chi connectivity index (χ1v) is 3.67. The van der Waals surface area contributed by atoms with Gasteiger partial charge in [-0.2, -0.15) is 0 Å². The molecule has 1 atom stereocenters. The van der Waals surface area contributed by atoms with Crippen molar-refractivity contribution in [1.29, 1.82) is 0 Å². The summed E-state index contributed by atoms with van der Waals surface area (Å²) in [6.07, 6.45) is 4.35. The minimum absolute atomic E-state index is 0.483. The average Bonchev–Trinajstić information content (AvgIpc) is 2.52. The van der Waals surface area contributed by atoms with E-state index in [0.717, 1.165) is 6.42 Å². The summed E-state index contributed by atoms with van der Waals surface area (Å²) in [5, 5.41) is 9.40. The average molecular weight is 152 g/mol. The van der Waals surface area contributed by atoms with Crippen LogP contribution in [0.1, 0.15) is 24.7 Å². The molecule has 0 amide bonds. The van der Waals surface area contributed by atoms with Crippen molar-refractivity contribution >= 4 is 0 Å². The highest BCUT2D eigenvalue weighted by Gasteiger charge is 2.07. The van der Waals surface area contributed by atoms with Gasteiger partial charge in [0.15, 0.2) is 0 Å². The van der Waals surface area contributed by atoms with Crippen molar-refractivity contribution in [1.82, 2.24) is 0 Å². The second-order valence-electron chi connectivity index (χ2n) is 2.40. The first-order chi connectivity index (χ1) is 5.34. The van der Waals surface area contributed by atoms with Crippen LogP contribution < -0.4 is 0 Å². The van der Waals surface area contributed by atoms with Crippen LogP contribution in [0, 0.1) is 0 Å². The van der Waals surface area contributed by atoms with Gasteiger partial charge in [0.05, 0.1) is 6.26 Å². The third-order valence-electron chi connectivity index (χ3n) is 1.52. The highest BCUT2D eigenvalue weighted by atomic mass is 16.4. The molecule has 2 nitrogen and oxygen atoms in total. The molecule has 2 heteroatoms. The van der Waals surface area contributed by atoms with Gasteiger partial charge < -0.3 is 9.52 Å². The molecule has 0 aliphatic carbocycles. The van der Waals surface area contributed by atoms with E-state index in [9.17, 15) is 5.11 Å². The van der Waals surface area contributed by atoms with Gasteiger partial charge in [-0.1, -0.05) is 6.08 Å². The Morgan fingerprint density at radius 2 is 2.55 bits per heavy atom. The highest BCUT2D eigenvalue weighted by molar-refractivity contribution is 5.01. The Labute approximate surface area is 66.2 Å². The minimum atomic E-state index is -0.483. The van der Waals surface area contributed by atoms with Crippen LogP contribution in [-0.4, -0.2) is 5.11 Å². The van der Waals surface area contributed by atoms with E-state index in [0.29, 0.717) is 12.2 Å². The van der Waals surface area contributed by atoms with Crippen molar-refractivity contribution in [3.63, 3.8) is 0 Å². The SMILES string of the molecule is C=CCC[C@H](O)c1ccco1. The Hall–Kier alpha value is -1.02. The molecule has 0 fully saturated rings. The molecule has 11 heavy (non-hydrogen) atoms. The van der Waals surface area contributed by atoms with E-state index in [1.54, 1.807) is 24.5 Å². The summed E-state index contributed by atoms with van der Waals surface area (Å²) in [5.74, 6) is 0.631. The minimum Gasteiger partial charge on any atom is -0.467 e. The fourth-order valence-electron chi connectivity index (χ4n) is 0.899. The summed E-state index contributed by atoms with van der Waals surface area (Å²) in [5.41, 5.74) is 0. The molecule has 0 unspecified atom stereocenters. The van der Waals surface area contributed by atoms with Gasteiger partial charge >= 0.3 is 0 Å². The van der Waals surface area contributed by atoms with E-state index in [1.165, 1.54) is 0 Å². The number of allylic oxidation sites excluding steroid dienone is 1. The summed E-state index contributed by atoms with van der Waals surface area (Å²) in [7, 11) is 0. The van der Waals surface area contributed by atoms with Crippen molar-refractivity contribution in [3.05, 3.63) is 36.8 Å². The van der Waals surface area contributed by atoms with Crippen molar-refractivity contribution in [2.45, 2.75) is 18.9 Å². The van der Waals surface area contributed by atoms with Crippen LogP contribution in [0.15, 0.2) is 35.5 Å².